The van der Waals surface area contributed by atoms with Gasteiger partial charge in [0, 0.05) is 30.5 Å². The van der Waals surface area contributed by atoms with Crippen LogP contribution >= 0.6 is 0 Å². The maximum atomic E-state index is 11.7. The maximum absolute atomic E-state index is 11.7. The van der Waals surface area contributed by atoms with Crippen molar-refractivity contribution in [2.24, 2.45) is 0 Å². The van der Waals surface area contributed by atoms with E-state index in [1.165, 1.54) is 0 Å². The Hall–Kier alpha value is -2.04. The number of hydrogen-bond acceptors (Lipinski definition) is 3. The Kier molecular flexibility index (Phi) is 4.61. The Morgan fingerprint density at radius 2 is 1.70 bits per heavy atom. The van der Waals surface area contributed by atoms with Crippen LogP contribution in [0.25, 0.3) is 0 Å². The normalized spacial score (nSPS) is 13.7. The molecule has 1 aromatic rings. The van der Waals surface area contributed by atoms with Crippen LogP contribution in [0.5, 0.6) is 0 Å². The SMILES string of the molecule is CCN(CC)c1ccc(NC(=O)C(=O)NC2CC2)cc1. The van der Waals surface area contributed by atoms with Crippen molar-refractivity contribution in [3.63, 3.8) is 0 Å². The van der Waals surface area contributed by atoms with Crippen LogP contribution in [0.15, 0.2) is 24.3 Å². The van der Waals surface area contributed by atoms with Gasteiger partial charge in [-0.1, -0.05) is 0 Å². The predicted molar refractivity (Wildman–Crippen MR) is 79.8 cm³/mol. The predicted octanol–water partition coefficient (Wildman–Crippen LogP) is 1.75. The van der Waals surface area contributed by atoms with Crippen LogP contribution in [0.4, 0.5) is 11.4 Å². The quantitative estimate of drug-likeness (QED) is 0.805. The number of nitrogens with zero attached hydrogens (tertiary/aromatic N) is 1. The van der Waals surface area contributed by atoms with Crippen LogP contribution < -0.4 is 15.5 Å². The third-order valence-electron chi connectivity index (χ3n) is 3.37. The topological polar surface area (TPSA) is 61.4 Å². The molecule has 1 aliphatic rings. The number of benzene rings is 1. The Bertz CT molecular complexity index is 476. The molecule has 0 saturated heterocycles. The van der Waals surface area contributed by atoms with Gasteiger partial charge in [-0.3, -0.25) is 9.59 Å². The third kappa shape index (κ3) is 3.73. The zero-order valence-corrected chi connectivity index (χ0v) is 12.0. The Morgan fingerprint density at radius 1 is 1.10 bits per heavy atom. The summed E-state index contributed by atoms with van der Waals surface area (Å²) >= 11 is 0. The second-order valence-electron chi connectivity index (χ2n) is 4.92. The molecule has 2 N–H and O–H groups in total. The summed E-state index contributed by atoms with van der Waals surface area (Å²) in [4.78, 5) is 25.4. The minimum absolute atomic E-state index is 0.193. The maximum Gasteiger partial charge on any atom is 0.313 e. The van der Waals surface area contributed by atoms with Crippen LogP contribution in [0.2, 0.25) is 0 Å². The molecule has 0 radical (unpaired) electrons. The van der Waals surface area contributed by atoms with Crippen LogP contribution in [0.1, 0.15) is 26.7 Å². The van der Waals surface area contributed by atoms with Gasteiger partial charge in [0.1, 0.15) is 0 Å². The fourth-order valence-corrected chi connectivity index (χ4v) is 2.01. The first-order valence-electron chi connectivity index (χ1n) is 7.11. The largest absolute Gasteiger partial charge is 0.372 e. The molecule has 108 valence electrons. The number of carbonyl (C=O) groups excluding carboxylic acids is 2. The number of carbonyl (C=O) groups is 2. The smallest absolute Gasteiger partial charge is 0.313 e. The first-order chi connectivity index (χ1) is 9.63. The van der Waals surface area contributed by atoms with Crippen molar-refractivity contribution in [3.05, 3.63) is 24.3 Å². The molecule has 0 aliphatic heterocycles. The van der Waals surface area contributed by atoms with Gasteiger partial charge in [-0.15, -0.1) is 0 Å². The minimum Gasteiger partial charge on any atom is -0.372 e. The number of hydrogen-bond donors (Lipinski definition) is 2. The van der Waals surface area contributed by atoms with E-state index >= 15 is 0 Å². The first kappa shape index (κ1) is 14.4. The van der Waals surface area contributed by atoms with E-state index in [2.05, 4.69) is 29.4 Å². The summed E-state index contributed by atoms with van der Waals surface area (Å²) in [6.07, 6.45) is 1.94. The molecular weight excluding hydrogens is 254 g/mol. The lowest BCUT2D eigenvalue weighted by atomic mass is 10.2. The molecule has 0 bridgehead atoms. The number of anilines is 2. The molecule has 0 atom stereocenters. The van der Waals surface area contributed by atoms with Crippen molar-refractivity contribution in [1.29, 1.82) is 0 Å². The van der Waals surface area contributed by atoms with E-state index in [0.29, 0.717) is 5.69 Å². The molecule has 0 heterocycles. The Morgan fingerprint density at radius 3 is 2.20 bits per heavy atom. The fourth-order valence-electron chi connectivity index (χ4n) is 2.01. The lowest BCUT2D eigenvalue weighted by Gasteiger charge is -2.21. The first-order valence-corrected chi connectivity index (χ1v) is 7.11. The lowest BCUT2D eigenvalue weighted by molar-refractivity contribution is -0.136. The number of rotatable bonds is 5. The molecular formula is C15H21N3O2. The molecule has 5 nitrogen and oxygen atoms in total. The zero-order valence-electron chi connectivity index (χ0n) is 12.0. The van der Waals surface area contributed by atoms with E-state index in [1.54, 1.807) is 0 Å². The summed E-state index contributed by atoms with van der Waals surface area (Å²) in [5.41, 5.74) is 1.74. The van der Waals surface area contributed by atoms with Crippen molar-refractivity contribution >= 4 is 23.2 Å². The van der Waals surface area contributed by atoms with Crippen LogP contribution in [0.3, 0.4) is 0 Å². The van der Waals surface area contributed by atoms with Gasteiger partial charge in [0.15, 0.2) is 0 Å². The molecule has 0 spiro atoms. The lowest BCUT2D eigenvalue weighted by Crippen LogP contribution is -2.36. The van der Waals surface area contributed by atoms with Crippen LogP contribution in [-0.2, 0) is 9.59 Å². The summed E-state index contributed by atoms with van der Waals surface area (Å²) in [5.74, 6) is -1.16. The van der Waals surface area contributed by atoms with Gasteiger partial charge in [-0.05, 0) is 51.0 Å². The van der Waals surface area contributed by atoms with Crippen molar-refractivity contribution < 1.29 is 9.59 Å². The molecule has 20 heavy (non-hydrogen) atoms. The molecule has 2 rings (SSSR count). The van der Waals surface area contributed by atoms with E-state index in [0.717, 1.165) is 31.6 Å². The number of nitrogens with one attached hydrogen (secondary N) is 2. The highest BCUT2D eigenvalue weighted by Gasteiger charge is 2.26. The van der Waals surface area contributed by atoms with Gasteiger partial charge in [-0.25, -0.2) is 0 Å². The highest BCUT2D eigenvalue weighted by atomic mass is 16.2. The van der Waals surface area contributed by atoms with E-state index in [9.17, 15) is 9.59 Å². The van der Waals surface area contributed by atoms with Gasteiger partial charge in [-0.2, -0.15) is 0 Å². The van der Waals surface area contributed by atoms with E-state index < -0.39 is 11.8 Å². The standard InChI is InChI=1S/C15H21N3O2/c1-3-18(4-2)13-9-7-12(8-10-13)17-15(20)14(19)16-11-5-6-11/h7-11H,3-6H2,1-2H3,(H,16,19)(H,17,20). The molecule has 2 amide bonds. The van der Waals surface area contributed by atoms with Gasteiger partial charge in [0.05, 0.1) is 0 Å². The highest BCUT2D eigenvalue weighted by Crippen LogP contribution is 2.19. The number of amides is 2. The average molecular weight is 275 g/mol. The molecule has 1 fully saturated rings. The summed E-state index contributed by atoms with van der Waals surface area (Å²) in [6.45, 7) is 6.07. The Labute approximate surface area is 119 Å². The zero-order chi connectivity index (χ0) is 14.5. The summed E-state index contributed by atoms with van der Waals surface area (Å²) in [6, 6.07) is 7.72. The minimum atomic E-state index is -0.604. The van der Waals surface area contributed by atoms with Crippen molar-refractivity contribution in [2.75, 3.05) is 23.3 Å². The fraction of sp³-hybridized carbons (Fsp3) is 0.467. The van der Waals surface area contributed by atoms with Crippen LogP contribution in [0, 0.1) is 0 Å². The van der Waals surface area contributed by atoms with E-state index in [-0.39, 0.29) is 6.04 Å². The molecule has 5 heteroatoms. The molecule has 1 saturated carbocycles. The second-order valence-corrected chi connectivity index (χ2v) is 4.92. The molecule has 0 aromatic heterocycles. The van der Waals surface area contributed by atoms with Crippen molar-refractivity contribution in [1.82, 2.24) is 5.32 Å². The second kappa shape index (κ2) is 6.41. The summed E-state index contributed by atoms with van der Waals surface area (Å²) in [5, 5.41) is 5.27. The summed E-state index contributed by atoms with van der Waals surface area (Å²) in [7, 11) is 0. The Balaban J connectivity index is 1.92. The van der Waals surface area contributed by atoms with Gasteiger partial charge in [0.25, 0.3) is 0 Å². The molecule has 1 aliphatic carbocycles. The monoisotopic (exact) mass is 275 g/mol. The van der Waals surface area contributed by atoms with Crippen molar-refractivity contribution in [2.45, 2.75) is 32.7 Å². The highest BCUT2D eigenvalue weighted by molar-refractivity contribution is 6.39. The van der Waals surface area contributed by atoms with Gasteiger partial charge < -0.3 is 15.5 Å². The van der Waals surface area contributed by atoms with E-state index in [4.69, 9.17) is 0 Å². The third-order valence-corrected chi connectivity index (χ3v) is 3.37. The van der Waals surface area contributed by atoms with E-state index in [1.807, 2.05) is 24.3 Å². The van der Waals surface area contributed by atoms with Crippen LogP contribution in [-0.4, -0.2) is 30.9 Å². The van der Waals surface area contributed by atoms with Gasteiger partial charge in [0.2, 0.25) is 0 Å². The average Bonchev–Trinajstić information content (AvgIpc) is 3.26. The van der Waals surface area contributed by atoms with Crippen molar-refractivity contribution in [3.8, 4) is 0 Å². The molecule has 1 aromatic carbocycles. The van der Waals surface area contributed by atoms with Gasteiger partial charge >= 0.3 is 11.8 Å². The molecule has 0 unspecified atom stereocenters. The summed E-state index contributed by atoms with van der Waals surface area (Å²) < 4.78 is 0.